The molecule has 1 unspecified atom stereocenters. The molecule has 1 heterocycles. The predicted molar refractivity (Wildman–Crippen MR) is 59.5 cm³/mol. The van der Waals surface area contributed by atoms with E-state index in [0.29, 0.717) is 25.9 Å². The molecule has 17 heavy (non-hydrogen) atoms. The van der Waals surface area contributed by atoms with Gasteiger partial charge in [-0.3, -0.25) is 0 Å². The number of aliphatic hydroxyl groups is 1. The van der Waals surface area contributed by atoms with E-state index in [1.54, 1.807) is 0 Å². The van der Waals surface area contributed by atoms with Crippen molar-refractivity contribution in [2.75, 3.05) is 25.9 Å². The number of nitrogens with one attached hydrogen (secondary N) is 1. The molecule has 2 N–H and O–H groups in total. The van der Waals surface area contributed by atoms with E-state index in [1.807, 2.05) is 0 Å². The van der Waals surface area contributed by atoms with Crippen LogP contribution in [-0.2, 0) is 10.0 Å². The molecule has 0 bridgehead atoms. The molecule has 0 aliphatic carbocycles. The fourth-order valence-corrected chi connectivity index (χ4v) is 2.64. The molecule has 102 valence electrons. The molecule has 0 amide bonds. The third-order valence-corrected chi connectivity index (χ3v) is 4.13. The van der Waals surface area contributed by atoms with Crippen LogP contribution in [0.3, 0.4) is 0 Å². The summed E-state index contributed by atoms with van der Waals surface area (Å²) in [5.41, 5.74) is 0. The van der Waals surface area contributed by atoms with Gasteiger partial charge >= 0.3 is 0 Å². The van der Waals surface area contributed by atoms with Gasteiger partial charge in [0.2, 0.25) is 10.0 Å². The largest absolute Gasteiger partial charge is 0.386 e. The summed E-state index contributed by atoms with van der Waals surface area (Å²) in [6, 6.07) is -0.0126. The van der Waals surface area contributed by atoms with Crippen LogP contribution in [-0.4, -0.2) is 62.3 Å². The Kier molecular flexibility index (Phi) is 5.23. The predicted octanol–water partition coefficient (Wildman–Crippen LogP) is -0.374. The molecule has 1 fully saturated rings. The maximum Gasteiger partial charge on any atom is 0.265 e. The summed E-state index contributed by atoms with van der Waals surface area (Å²) < 4.78 is 47.8. The Morgan fingerprint density at radius 2 is 1.94 bits per heavy atom. The van der Waals surface area contributed by atoms with E-state index in [1.165, 1.54) is 4.31 Å². The zero-order valence-corrected chi connectivity index (χ0v) is 10.5. The van der Waals surface area contributed by atoms with Crippen molar-refractivity contribution >= 4 is 10.0 Å². The van der Waals surface area contributed by atoms with Crippen LogP contribution in [0.15, 0.2) is 0 Å². The van der Waals surface area contributed by atoms with Crippen LogP contribution < -0.4 is 5.32 Å². The van der Waals surface area contributed by atoms with Crippen LogP contribution in [0.1, 0.15) is 12.8 Å². The zero-order chi connectivity index (χ0) is 13.1. The maximum atomic E-state index is 12.0. The molecule has 0 aromatic carbocycles. The Morgan fingerprint density at radius 1 is 1.41 bits per heavy atom. The normalized spacial score (nSPS) is 21.9. The Bertz CT molecular complexity index is 329. The van der Waals surface area contributed by atoms with E-state index < -0.39 is 22.6 Å². The van der Waals surface area contributed by atoms with Gasteiger partial charge in [-0.25, -0.2) is 21.5 Å². The summed E-state index contributed by atoms with van der Waals surface area (Å²) in [7, 11) is -3.16. The van der Waals surface area contributed by atoms with E-state index in [0.717, 1.165) is 6.26 Å². The van der Waals surface area contributed by atoms with Gasteiger partial charge in [0.15, 0.2) is 0 Å². The highest BCUT2D eigenvalue weighted by Crippen LogP contribution is 2.13. The van der Waals surface area contributed by atoms with Gasteiger partial charge in [-0.1, -0.05) is 0 Å². The molecule has 0 saturated carbocycles. The number of hydrogen-bond donors (Lipinski definition) is 2. The van der Waals surface area contributed by atoms with Gasteiger partial charge in [0.05, 0.1) is 6.26 Å². The first-order valence-corrected chi connectivity index (χ1v) is 7.30. The van der Waals surface area contributed by atoms with Crippen LogP contribution in [0.2, 0.25) is 0 Å². The lowest BCUT2D eigenvalue weighted by Crippen LogP contribution is -2.46. The molecule has 5 nitrogen and oxygen atoms in total. The highest BCUT2D eigenvalue weighted by molar-refractivity contribution is 7.88. The van der Waals surface area contributed by atoms with Gasteiger partial charge in [0.25, 0.3) is 6.43 Å². The fourth-order valence-electron chi connectivity index (χ4n) is 1.77. The second kappa shape index (κ2) is 6.03. The van der Waals surface area contributed by atoms with Crippen molar-refractivity contribution in [2.24, 2.45) is 0 Å². The summed E-state index contributed by atoms with van der Waals surface area (Å²) in [4.78, 5) is 0. The summed E-state index contributed by atoms with van der Waals surface area (Å²) >= 11 is 0. The minimum atomic E-state index is -3.16. The number of sulfonamides is 1. The molecule has 1 aliphatic heterocycles. The third-order valence-electron chi connectivity index (χ3n) is 2.83. The van der Waals surface area contributed by atoms with Crippen LogP contribution >= 0.6 is 0 Å². The minimum absolute atomic E-state index is 0.0126. The number of piperidine rings is 1. The Morgan fingerprint density at radius 3 is 2.35 bits per heavy atom. The van der Waals surface area contributed by atoms with Crippen LogP contribution in [0.5, 0.6) is 0 Å². The third kappa shape index (κ3) is 4.82. The Labute approximate surface area is 99.8 Å². The standard InChI is InChI=1S/C9H18F2N2O3S/c1-17(15,16)13-4-2-7(3-5-13)12-6-8(14)9(10)11/h7-9,12,14H,2-6H2,1H3. The second-order valence-electron chi connectivity index (χ2n) is 4.25. The zero-order valence-electron chi connectivity index (χ0n) is 9.64. The maximum absolute atomic E-state index is 12.0. The van der Waals surface area contributed by atoms with E-state index in [-0.39, 0.29) is 12.6 Å². The van der Waals surface area contributed by atoms with Gasteiger partial charge in [-0.2, -0.15) is 0 Å². The molecule has 0 spiro atoms. The first-order valence-electron chi connectivity index (χ1n) is 5.45. The van der Waals surface area contributed by atoms with Crippen molar-refractivity contribution in [1.29, 1.82) is 0 Å². The number of hydrogen-bond acceptors (Lipinski definition) is 4. The monoisotopic (exact) mass is 272 g/mol. The number of aliphatic hydroxyl groups excluding tert-OH is 1. The van der Waals surface area contributed by atoms with Crippen molar-refractivity contribution in [2.45, 2.75) is 31.4 Å². The molecule has 1 atom stereocenters. The van der Waals surface area contributed by atoms with Crippen molar-refractivity contribution < 1.29 is 22.3 Å². The van der Waals surface area contributed by atoms with Crippen molar-refractivity contribution in [1.82, 2.24) is 9.62 Å². The van der Waals surface area contributed by atoms with Crippen LogP contribution in [0.4, 0.5) is 8.78 Å². The molecular weight excluding hydrogens is 254 g/mol. The van der Waals surface area contributed by atoms with Gasteiger partial charge in [-0.15, -0.1) is 0 Å². The van der Waals surface area contributed by atoms with Crippen LogP contribution in [0, 0.1) is 0 Å². The lowest BCUT2D eigenvalue weighted by Gasteiger charge is -2.31. The van der Waals surface area contributed by atoms with Crippen molar-refractivity contribution in [3.8, 4) is 0 Å². The Hall–Kier alpha value is -0.310. The molecule has 0 radical (unpaired) electrons. The smallest absolute Gasteiger partial charge is 0.265 e. The summed E-state index contributed by atoms with van der Waals surface area (Å²) in [5, 5.41) is 11.7. The minimum Gasteiger partial charge on any atom is -0.386 e. The highest BCUT2D eigenvalue weighted by Gasteiger charge is 2.25. The molecular formula is C9H18F2N2O3S. The van der Waals surface area contributed by atoms with Crippen LogP contribution in [0.25, 0.3) is 0 Å². The molecule has 1 saturated heterocycles. The first kappa shape index (κ1) is 14.7. The summed E-state index contributed by atoms with van der Waals surface area (Å²) in [5.74, 6) is 0. The average Bonchev–Trinajstić information content (AvgIpc) is 2.25. The van der Waals surface area contributed by atoms with Gasteiger partial charge in [0, 0.05) is 25.7 Å². The van der Waals surface area contributed by atoms with Gasteiger partial charge in [-0.05, 0) is 12.8 Å². The van der Waals surface area contributed by atoms with E-state index in [2.05, 4.69) is 5.32 Å². The number of alkyl halides is 2. The Balaban J connectivity index is 2.29. The number of rotatable bonds is 5. The fraction of sp³-hybridized carbons (Fsp3) is 1.00. The number of halogens is 2. The quantitative estimate of drug-likeness (QED) is 0.716. The lowest BCUT2D eigenvalue weighted by atomic mass is 10.1. The summed E-state index contributed by atoms with van der Waals surface area (Å²) in [6.07, 6.45) is -2.12. The molecule has 8 heteroatoms. The van der Waals surface area contributed by atoms with Crippen molar-refractivity contribution in [3.05, 3.63) is 0 Å². The van der Waals surface area contributed by atoms with Gasteiger partial charge in [0.1, 0.15) is 6.10 Å². The summed E-state index contributed by atoms with van der Waals surface area (Å²) in [6.45, 7) is 0.615. The topological polar surface area (TPSA) is 69.6 Å². The SMILES string of the molecule is CS(=O)(=O)N1CCC(NCC(O)C(F)F)CC1. The first-order chi connectivity index (χ1) is 7.80. The van der Waals surface area contributed by atoms with E-state index in [9.17, 15) is 17.2 Å². The van der Waals surface area contributed by atoms with E-state index >= 15 is 0 Å². The molecule has 0 aromatic rings. The molecule has 1 aliphatic rings. The van der Waals surface area contributed by atoms with E-state index in [4.69, 9.17) is 5.11 Å². The molecule has 1 rings (SSSR count). The van der Waals surface area contributed by atoms with Gasteiger partial charge < -0.3 is 10.4 Å². The average molecular weight is 272 g/mol. The number of nitrogens with zero attached hydrogens (tertiary/aromatic N) is 1. The van der Waals surface area contributed by atoms with Crippen molar-refractivity contribution in [3.63, 3.8) is 0 Å². The highest BCUT2D eigenvalue weighted by atomic mass is 32.2. The molecule has 0 aromatic heterocycles. The second-order valence-corrected chi connectivity index (χ2v) is 6.23. The lowest BCUT2D eigenvalue weighted by molar-refractivity contribution is -0.00531.